The summed E-state index contributed by atoms with van der Waals surface area (Å²) in [7, 11) is 0. The molecule has 82 valence electrons. The third-order valence-electron chi connectivity index (χ3n) is 3.48. The normalized spacial score (nSPS) is 25.4. The summed E-state index contributed by atoms with van der Waals surface area (Å²) in [6.07, 6.45) is 8.79. The van der Waals surface area contributed by atoms with Crippen LogP contribution in [0.2, 0.25) is 0 Å². The van der Waals surface area contributed by atoms with E-state index >= 15 is 0 Å². The minimum Gasteiger partial charge on any atom is -0.317 e. The van der Waals surface area contributed by atoms with Crippen molar-refractivity contribution in [1.29, 1.82) is 0 Å². The lowest BCUT2D eigenvalue weighted by atomic mass is 9.74. The number of rotatable bonds is 2. The summed E-state index contributed by atoms with van der Waals surface area (Å²) in [6, 6.07) is 0. The van der Waals surface area contributed by atoms with Crippen LogP contribution in [0.15, 0.2) is 35.3 Å². The molecule has 0 atom stereocenters. The molecular formula is C13H19NS. The molecule has 1 saturated heterocycles. The molecule has 0 aromatic heterocycles. The molecule has 1 fully saturated rings. The van der Waals surface area contributed by atoms with Gasteiger partial charge < -0.3 is 5.32 Å². The van der Waals surface area contributed by atoms with Crippen molar-refractivity contribution in [2.24, 2.45) is 5.41 Å². The molecule has 0 aromatic rings. The Bertz CT molecular complexity index is 308. The first-order chi connectivity index (χ1) is 7.28. The lowest BCUT2D eigenvalue weighted by Gasteiger charge is -2.35. The van der Waals surface area contributed by atoms with Crippen molar-refractivity contribution in [3.05, 3.63) is 35.3 Å². The van der Waals surface area contributed by atoms with Crippen molar-refractivity contribution >= 4 is 11.8 Å². The highest BCUT2D eigenvalue weighted by molar-refractivity contribution is 8.03. The standard InChI is InChI=1S/C13H19NS/c1-3-4-5-12-11(2)15-10-13(12)6-8-14-9-7-13/h3-5,14H,1,6-10H2,2H3/b5-4-. The Kier molecular flexibility index (Phi) is 3.37. The van der Waals surface area contributed by atoms with E-state index in [0.29, 0.717) is 5.41 Å². The van der Waals surface area contributed by atoms with Gasteiger partial charge in [0.15, 0.2) is 0 Å². The van der Waals surface area contributed by atoms with Gasteiger partial charge in [0.25, 0.3) is 0 Å². The molecule has 0 bridgehead atoms. The summed E-state index contributed by atoms with van der Waals surface area (Å²) >= 11 is 2.03. The minimum atomic E-state index is 0.458. The summed E-state index contributed by atoms with van der Waals surface area (Å²) in [6.45, 7) is 8.34. The molecule has 1 spiro atoms. The molecule has 0 aromatic carbocycles. The Balaban J connectivity index is 2.25. The highest BCUT2D eigenvalue weighted by Gasteiger charge is 2.39. The molecular weight excluding hydrogens is 202 g/mol. The molecule has 2 heterocycles. The van der Waals surface area contributed by atoms with Crippen LogP contribution in [0.4, 0.5) is 0 Å². The average Bonchev–Trinajstić information content (AvgIpc) is 2.55. The predicted molar refractivity (Wildman–Crippen MR) is 69.0 cm³/mol. The van der Waals surface area contributed by atoms with Crippen molar-refractivity contribution in [3.8, 4) is 0 Å². The van der Waals surface area contributed by atoms with Crippen LogP contribution < -0.4 is 5.32 Å². The first kappa shape index (κ1) is 11.0. The highest BCUT2D eigenvalue weighted by atomic mass is 32.2. The van der Waals surface area contributed by atoms with Gasteiger partial charge in [-0.25, -0.2) is 0 Å². The maximum absolute atomic E-state index is 3.75. The Morgan fingerprint density at radius 3 is 2.80 bits per heavy atom. The predicted octanol–water partition coefficient (Wildman–Crippen LogP) is 3.12. The summed E-state index contributed by atoms with van der Waals surface area (Å²) in [5.41, 5.74) is 2.02. The SMILES string of the molecule is C=C/C=C\C1=C(C)SCC12CCNCC2. The molecule has 0 radical (unpaired) electrons. The van der Waals surface area contributed by atoms with Gasteiger partial charge in [-0.15, -0.1) is 11.8 Å². The number of allylic oxidation sites excluding steroid dienone is 5. The van der Waals surface area contributed by atoms with Crippen molar-refractivity contribution in [2.75, 3.05) is 18.8 Å². The van der Waals surface area contributed by atoms with E-state index in [1.54, 1.807) is 5.57 Å². The summed E-state index contributed by atoms with van der Waals surface area (Å²) < 4.78 is 0. The van der Waals surface area contributed by atoms with Gasteiger partial charge in [0.05, 0.1) is 0 Å². The van der Waals surface area contributed by atoms with Crippen LogP contribution in [0.5, 0.6) is 0 Å². The summed E-state index contributed by atoms with van der Waals surface area (Å²) in [4.78, 5) is 1.51. The molecule has 15 heavy (non-hydrogen) atoms. The lowest BCUT2D eigenvalue weighted by molar-refractivity contribution is 0.298. The van der Waals surface area contributed by atoms with E-state index in [4.69, 9.17) is 0 Å². The van der Waals surface area contributed by atoms with Gasteiger partial charge >= 0.3 is 0 Å². The zero-order valence-corrected chi connectivity index (χ0v) is 10.2. The van der Waals surface area contributed by atoms with Gasteiger partial charge in [-0.1, -0.05) is 24.8 Å². The Morgan fingerprint density at radius 1 is 1.40 bits per heavy atom. The molecule has 2 rings (SSSR count). The number of nitrogens with one attached hydrogen (secondary N) is 1. The van der Waals surface area contributed by atoms with E-state index in [2.05, 4.69) is 31.0 Å². The van der Waals surface area contributed by atoms with Crippen molar-refractivity contribution in [3.63, 3.8) is 0 Å². The first-order valence-corrected chi connectivity index (χ1v) is 6.61. The maximum Gasteiger partial charge on any atom is 0.00787 e. The average molecular weight is 221 g/mol. The van der Waals surface area contributed by atoms with E-state index in [1.807, 2.05) is 17.8 Å². The number of thioether (sulfide) groups is 1. The van der Waals surface area contributed by atoms with Crippen LogP contribution in [0.25, 0.3) is 0 Å². The zero-order chi connectivity index (χ0) is 10.7. The van der Waals surface area contributed by atoms with E-state index in [1.165, 1.54) is 36.6 Å². The van der Waals surface area contributed by atoms with Crippen LogP contribution in [-0.2, 0) is 0 Å². The van der Waals surface area contributed by atoms with Gasteiger partial charge in [0.1, 0.15) is 0 Å². The highest BCUT2D eigenvalue weighted by Crippen LogP contribution is 2.50. The third-order valence-corrected chi connectivity index (χ3v) is 4.83. The van der Waals surface area contributed by atoms with Crippen LogP contribution in [0, 0.1) is 5.41 Å². The van der Waals surface area contributed by atoms with Gasteiger partial charge in [-0.3, -0.25) is 0 Å². The van der Waals surface area contributed by atoms with Gasteiger partial charge in [-0.2, -0.15) is 0 Å². The molecule has 2 aliphatic rings. The molecule has 2 heteroatoms. The Morgan fingerprint density at radius 2 is 2.13 bits per heavy atom. The topological polar surface area (TPSA) is 12.0 Å². The molecule has 2 aliphatic heterocycles. The second-order valence-electron chi connectivity index (χ2n) is 4.38. The third kappa shape index (κ3) is 2.06. The van der Waals surface area contributed by atoms with Crippen LogP contribution >= 0.6 is 11.8 Å². The summed E-state index contributed by atoms with van der Waals surface area (Å²) in [5, 5.41) is 3.45. The van der Waals surface area contributed by atoms with E-state index in [0.717, 1.165) is 0 Å². The fourth-order valence-corrected chi connectivity index (χ4v) is 3.93. The molecule has 0 aliphatic carbocycles. The maximum atomic E-state index is 3.75. The van der Waals surface area contributed by atoms with E-state index in [-0.39, 0.29) is 0 Å². The fourth-order valence-electron chi connectivity index (χ4n) is 2.55. The monoisotopic (exact) mass is 221 g/mol. The number of hydrogen-bond acceptors (Lipinski definition) is 2. The van der Waals surface area contributed by atoms with E-state index < -0.39 is 0 Å². The molecule has 1 nitrogen and oxygen atoms in total. The quantitative estimate of drug-likeness (QED) is 0.719. The van der Waals surface area contributed by atoms with Crippen molar-refractivity contribution < 1.29 is 0 Å². The second kappa shape index (κ2) is 4.58. The number of piperidine rings is 1. The van der Waals surface area contributed by atoms with Crippen molar-refractivity contribution in [1.82, 2.24) is 5.32 Å². The minimum absolute atomic E-state index is 0.458. The molecule has 0 saturated carbocycles. The Hall–Kier alpha value is -0.470. The largest absolute Gasteiger partial charge is 0.317 e. The van der Waals surface area contributed by atoms with Crippen molar-refractivity contribution in [2.45, 2.75) is 19.8 Å². The summed E-state index contributed by atoms with van der Waals surface area (Å²) in [5.74, 6) is 1.28. The van der Waals surface area contributed by atoms with Crippen LogP contribution in [0.1, 0.15) is 19.8 Å². The Labute approximate surface area is 96.7 Å². The first-order valence-electron chi connectivity index (χ1n) is 5.62. The molecule has 0 unspecified atom stereocenters. The van der Waals surface area contributed by atoms with Crippen LogP contribution in [-0.4, -0.2) is 18.8 Å². The second-order valence-corrected chi connectivity index (χ2v) is 5.57. The lowest BCUT2D eigenvalue weighted by Crippen LogP contribution is -2.38. The smallest absolute Gasteiger partial charge is 0.00787 e. The fraction of sp³-hybridized carbons (Fsp3) is 0.538. The van der Waals surface area contributed by atoms with Gasteiger partial charge in [0.2, 0.25) is 0 Å². The number of hydrogen-bond donors (Lipinski definition) is 1. The zero-order valence-electron chi connectivity index (χ0n) is 9.38. The van der Waals surface area contributed by atoms with Gasteiger partial charge in [-0.05, 0) is 43.3 Å². The van der Waals surface area contributed by atoms with Gasteiger partial charge in [0, 0.05) is 11.2 Å². The molecule has 1 N–H and O–H groups in total. The van der Waals surface area contributed by atoms with Crippen LogP contribution in [0.3, 0.4) is 0 Å². The molecule has 0 amide bonds. The van der Waals surface area contributed by atoms with E-state index in [9.17, 15) is 0 Å².